The predicted octanol–water partition coefficient (Wildman–Crippen LogP) is 4.35. The van der Waals surface area contributed by atoms with Gasteiger partial charge in [-0.25, -0.2) is 4.98 Å². The first kappa shape index (κ1) is 15.5. The number of ether oxygens (including phenoxy) is 1. The molecule has 1 fully saturated rings. The van der Waals surface area contributed by atoms with Crippen LogP contribution in [0.25, 0.3) is 0 Å². The van der Waals surface area contributed by atoms with Gasteiger partial charge < -0.3 is 10.1 Å². The number of pyridine rings is 1. The van der Waals surface area contributed by atoms with Crippen LogP contribution in [-0.4, -0.2) is 28.6 Å². The van der Waals surface area contributed by atoms with Crippen LogP contribution in [0.15, 0.2) is 18.3 Å². The highest BCUT2D eigenvalue weighted by molar-refractivity contribution is 8.00. The molecule has 1 aromatic rings. The number of thioether (sulfide) groups is 1. The molecule has 2 rings (SSSR count). The van der Waals surface area contributed by atoms with Crippen LogP contribution in [0.4, 0.5) is 5.82 Å². The zero-order valence-corrected chi connectivity index (χ0v) is 13.6. The SMILES string of the molecule is CSC1(CNc2ncccc2OC(C)C)CCCCC1. The minimum atomic E-state index is 0.170. The summed E-state index contributed by atoms with van der Waals surface area (Å²) in [5.41, 5.74) is 0. The van der Waals surface area contributed by atoms with E-state index in [-0.39, 0.29) is 6.10 Å². The molecular formula is C16H26N2OS. The summed E-state index contributed by atoms with van der Waals surface area (Å²) >= 11 is 2.00. The van der Waals surface area contributed by atoms with Crippen molar-refractivity contribution in [2.75, 3.05) is 18.1 Å². The van der Waals surface area contributed by atoms with Gasteiger partial charge in [0.05, 0.1) is 6.10 Å². The Morgan fingerprint density at radius 1 is 1.35 bits per heavy atom. The molecule has 1 aromatic heterocycles. The van der Waals surface area contributed by atoms with Crippen molar-refractivity contribution in [3.05, 3.63) is 18.3 Å². The number of nitrogens with zero attached hydrogens (tertiary/aromatic N) is 1. The zero-order chi connectivity index (χ0) is 14.4. The smallest absolute Gasteiger partial charge is 0.168 e. The first-order chi connectivity index (χ1) is 9.65. The molecular weight excluding hydrogens is 268 g/mol. The number of aromatic nitrogens is 1. The van der Waals surface area contributed by atoms with Crippen LogP contribution in [0.3, 0.4) is 0 Å². The summed E-state index contributed by atoms with van der Waals surface area (Å²) in [6.07, 6.45) is 10.9. The summed E-state index contributed by atoms with van der Waals surface area (Å²) < 4.78 is 6.19. The molecule has 1 aliphatic carbocycles. The van der Waals surface area contributed by atoms with Crippen LogP contribution in [0.2, 0.25) is 0 Å². The van der Waals surface area contributed by atoms with Gasteiger partial charge in [0.1, 0.15) is 0 Å². The molecule has 0 bridgehead atoms. The Kier molecular flexibility index (Phi) is 5.58. The Morgan fingerprint density at radius 2 is 2.10 bits per heavy atom. The Balaban J connectivity index is 2.02. The molecule has 1 heterocycles. The number of rotatable bonds is 6. The third kappa shape index (κ3) is 4.05. The van der Waals surface area contributed by atoms with E-state index in [9.17, 15) is 0 Å². The van der Waals surface area contributed by atoms with Crippen molar-refractivity contribution in [2.45, 2.75) is 56.8 Å². The van der Waals surface area contributed by atoms with Crippen LogP contribution in [-0.2, 0) is 0 Å². The van der Waals surface area contributed by atoms with E-state index in [2.05, 4.69) is 16.6 Å². The topological polar surface area (TPSA) is 34.2 Å². The van der Waals surface area contributed by atoms with Crippen molar-refractivity contribution < 1.29 is 4.74 Å². The molecule has 1 aliphatic rings. The molecule has 0 radical (unpaired) electrons. The van der Waals surface area contributed by atoms with Crippen molar-refractivity contribution >= 4 is 17.6 Å². The average molecular weight is 294 g/mol. The fourth-order valence-electron chi connectivity index (χ4n) is 2.77. The van der Waals surface area contributed by atoms with Crippen LogP contribution in [0, 0.1) is 0 Å². The van der Waals surface area contributed by atoms with Gasteiger partial charge in [-0.1, -0.05) is 19.3 Å². The lowest BCUT2D eigenvalue weighted by molar-refractivity contribution is 0.242. The van der Waals surface area contributed by atoms with Crippen LogP contribution in [0.5, 0.6) is 5.75 Å². The molecule has 112 valence electrons. The van der Waals surface area contributed by atoms with Gasteiger partial charge >= 0.3 is 0 Å². The van der Waals surface area contributed by atoms with Gasteiger partial charge in [-0.2, -0.15) is 11.8 Å². The quantitative estimate of drug-likeness (QED) is 0.846. The summed E-state index contributed by atoms with van der Waals surface area (Å²) in [6.45, 7) is 5.06. The van der Waals surface area contributed by atoms with Gasteiger partial charge in [0.15, 0.2) is 11.6 Å². The normalized spacial score (nSPS) is 18.0. The second kappa shape index (κ2) is 7.21. The van der Waals surface area contributed by atoms with Gasteiger partial charge in [0.25, 0.3) is 0 Å². The molecule has 3 nitrogen and oxygen atoms in total. The highest BCUT2D eigenvalue weighted by Gasteiger charge is 2.31. The summed E-state index contributed by atoms with van der Waals surface area (Å²) in [5.74, 6) is 1.73. The third-order valence-corrected chi connectivity index (χ3v) is 5.33. The van der Waals surface area contributed by atoms with Gasteiger partial charge in [-0.3, -0.25) is 0 Å². The highest BCUT2D eigenvalue weighted by atomic mass is 32.2. The Morgan fingerprint density at radius 3 is 2.75 bits per heavy atom. The average Bonchev–Trinajstić information content (AvgIpc) is 2.47. The largest absolute Gasteiger partial charge is 0.487 e. The van der Waals surface area contributed by atoms with Crippen LogP contribution >= 0.6 is 11.8 Å². The summed E-state index contributed by atoms with van der Waals surface area (Å²) in [6, 6.07) is 3.91. The van der Waals surface area contributed by atoms with E-state index in [4.69, 9.17) is 4.74 Å². The van der Waals surface area contributed by atoms with E-state index in [1.165, 1.54) is 32.1 Å². The van der Waals surface area contributed by atoms with Crippen molar-refractivity contribution in [3.63, 3.8) is 0 Å². The van der Waals surface area contributed by atoms with E-state index in [1.807, 2.05) is 43.9 Å². The second-order valence-electron chi connectivity index (χ2n) is 5.82. The third-order valence-electron chi connectivity index (χ3n) is 3.91. The molecule has 0 aliphatic heterocycles. The number of nitrogens with one attached hydrogen (secondary N) is 1. The first-order valence-electron chi connectivity index (χ1n) is 7.56. The molecule has 0 unspecified atom stereocenters. The van der Waals surface area contributed by atoms with Gasteiger partial charge in [0, 0.05) is 17.5 Å². The maximum Gasteiger partial charge on any atom is 0.168 e. The second-order valence-corrected chi connectivity index (χ2v) is 7.09. The maximum atomic E-state index is 5.82. The van der Waals surface area contributed by atoms with Gasteiger partial charge in [-0.15, -0.1) is 0 Å². The van der Waals surface area contributed by atoms with E-state index < -0.39 is 0 Å². The van der Waals surface area contributed by atoms with E-state index >= 15 is 0 Å². The number of hydrogen-bond donors (Lipinski definition) is 1. The number of anilines is 1. The predicted molar refractivity (Wildman–Crippen MR) is 87.8 cm³/mol. The van der Waals surface area contributed by atoms with Crippen LogP contribution < -0.4 is 10.1 Å². The van der Waals surface area contributed by atoms with Gasteiger partial charge in [-0.05, 0) is 45.1 Å². The standard InChI is InChI=1S/C16H26N2OS/c1-13(2)19-14-8-7-11-17-15(14)18-12-16(20-3)9-5-4-6-10-16/h7-8,11,13H,4-6,9-10,12H2,1-3H3,(H,17,18). The zero-order valence-electron chi connectivity index (χ0n) is 12.8. The molecule has 0 aromatic carbocycles. The Bertz CT molecular complexity index is 417. The fraction of sp³-hybridized carbons (Fsp3) is 0.688. The fourth-order valence-corrected chi connectivity index (χ4v) is 3.68. The molecule has 0 atom stereocenters. The minimum absolute atomic E-state index is 0.170. The Hall–Kier alpha value is -0.900. The Labute approximate surface area is 126 Å². The molecule has 0 amide bonds. The molecule has 1 N–H and O–H groups in total. The highest BCUT2D eigenvalue weighted by Crippen LogP contribution is 2.39. The number of hydrogen-bond acceptors (Lipinski definition) is 4. The lowest BCUT2D eigenvalue weighted by Crippen LogP contribution is -2.35. The van der Waals surface area contributed by atoms with Crippen molar-refractivity contribution in [1.29, 1.82) is 0 Å². The molecule has 0 saturated heterocycles. The lowest BCUT2D eigenvalue weighted by atomic mass is 9.88. The van der Waals surface area contributed by atoms with E-state index in [0.717, 1.165) is 18.1 Å². The summed E-state index contributed by atoms with van der Waals surface area (Å²) in [7, 11) is 0. The lowest BCUT2D eigenvalue weighted by Gasteiger charge is -2.36. The maximum absolute atomic E-state index is 5.82. The minimum Gasteiger partial charge on any atom is -0.487 e. The molecule has 1 saturated carbocycles. The van der Waals surface area contributed by atoms with Crippen molar-refractivity contribution in [3.8, 4) is 5.75 Å². The summed E-state index contributed by atoms with van der Waals surface area (Å²) in [5, 5.41) is 3.52. The monoisotopic (exact) mass is 294 g/mol. The van der Waals surface area contributed by atoms with Gasteiger partial charge in [0.2, 0.25) is 0 Å². The molecule has 4 heteroatoms. The summed E-state index contributed by atoms with van der Waals surface area (Å²) in [4.78, 5) is 4.44. The van der Waals surface area contributed by atoms with Crippen LogP contribution in [0.1, 0.15) is 46.0 Å². The first-order valence-corrected chi connectivity index (χ1v) is 8.78. The molecule has 0 spiro atoms. The van der Waals surface area contributed by atoms with E-state index in [1.54, 1.807) is 0 Å². The van der Waals surface area contributed by atoms with Crippen molar-refractivity contribution in [1.82, 2.24) is 4.98 Å². The van der Waals surface area contributed by atoms with Crippen molar-refractivity contribution in [2.24, 2.45) is 0 Å². The van der Waals surface area contributed by atoms with E-state index in [0.29, 0.717) is 4.75 Å². The molecule has 20 heavy (non-hydrogen) atoms.